The van der Waals surface area contributed by atoms with E-state index in [1.807, 2.05) is 18.2 Å². The Balaban J connectivity index is 1.74. The summed E-state index contributed by atoms with van der Waals surface area (Å²) in [6, 6.07) is 8.40. The van der Waals surface area contributed by atoms with Gasteiger partial charge in [0.25, 0.3) is 0 Å². The smallest absolute Gasteiger partial charge is 0.111 e. The van der Waals surface area contributed by atoms with Crippen LogP contribution in [0.25, 0.3) is 11.0 Å². The fourth-order valence-corrected chi connectivity index (χ4v) is 2.96. The van der Waals surface area contributed by atoms with Crippen molar-refractivity contribution in [2.24, 2.45) is 12.9 Å². The first-order chi connectivity index (χ1) is 9.78. The molecule has 1 aromatic heterocycles. The van der Waals surface area contributed by atoms with E-state index in [2.05, 4.69) is 23.1 Å². The van der Waals surface area contributed by atoms with E-state index in [0.717, 1.165) is 49.1 Å². The Morgan fingerprint density at radius 1 is 1.50 bits per heavy atom. The third kappa shape index (κ3) is 2.70. The van der Waals surface area contributed by atoms with Gasteiger partial charge in [0, 0.05) is 26.1 Å². The second-order valence-corrected chi connectivity index (χ2v) is 5.51. The maximum Gasteiger partial charge on any atom is 0.111 e. The van der Waals surface area contributed by atoms with Gasteiger partial charge >= 0.3 is 0 Å². The van der Waals surface area contributed by atoms with Crippen LogP contribution in [0.5, 0.6) is 0 Å². The number of nitrogens with two attached hydrogens (primary N) is 1. The van der Waals surface area contributed by atoms with Crippen LogP contribution >= 0.6 is 0 Å². The monoisotopic (exact) mass is 274 g/mol. The lowest BCUT2D eigenvalue weighted by Crippen LogP contribution is -2.39. The van der Waals surface area contributed by atoms with Crippen LogP contribution in [0, 0.1) is 0 Å². The zero-order valence-electron chi connectivity index (χ0n) is 11.9. The third-order valence-corrected chi connectivity index (χ3v) is 4.12. The van der Waals surface area contributed by atoms with Gasteiger partial charge in [-0.25, -0.2) is 4.98 Å². The molecule has 2 heterocycles. The molecule has 0 aliphatic carbocycles. The van der Waals surface area contributed by atoms with E-state index < -0.39 is 0 Å². The molecule has 0 spiro atoms. The number of hydrazine groups is 1. The first kappa shape index (κ1) is 13.5. The van der Waals surface area contributed by atoms with Crippen LogP contribution in [0.15, 0.2) is 24.3 Å². The Morgan fingerprint density at radius 3 is 3.05 bits per heavy atom. The molecule has 5 heteroatoms. The second-order valence-electron chi connectivity index (χ2n) is 5.51. The van der Waals surface area contributed by atoms with Crippen LogP contribution in [0.1, 0.15) is 25.1 Å². The van der Waals surface area contributed by atoms with Gasteiger partial charge in [0.05, 0.1) is 17.1 Å². The number of aryl methyl sites for hydroxylation is 1. The van der Waals surface area contributed by atoms with Crippen molar-refractivity contribution >= 4 is 11.0 Å². The summed E-state index contributed by atoms with van der Waals surface area (Å²) < 4.78 is 7.84. The number of hydrogen-bond donors (Lipinski definition) is 2. The van der Waals surface area contributed by atoms with Gasteiger partial charge in [0.1, 0.15) is 5.82 Å². The van der Waals surface area contributed by atoms with Gasteiger partial charge in [-0.05, 0) is 31.4 Å². The number of ether oxygens (including phenoxy) is 1. The van der Waals surface area contributed by atoms with Gasteiger partial charge < -0.3 is 9.30 Å². The second kappa shape index (κ2) is 5.91. The van der Waals surface area contributed by atoms with Gasteiger partial charge in [0.2, 0.25) is 0 Å². The largest absolute Gasteiger partial charge is 0.378 e. The highest BCUT2D eigenvalue weighted by atomic mass is 16.5. The molecule has 2 atom stereocenters. The van der Waals surface area contributed by atoms with Crippen molar-refractivity contribution in [1.82, 2.24) is 15.0 Å². The van der Waals surface area contributed by atoms with Crippen LogP contribution in [0.3, 0.4) is 0 Å². The minimum absolute atomic E-state index is 0.202. The Morgan fingerprint density at radius 2 is 2.35 bits per heavy atom. The lowest BCUT2D eigenvalue weighted by atomic mass is 10.0. The molecular formula is C15H22N4O. The van der Waals surface area contributed by atoms with Gasteiger partial charge in [0.15, 0.2) is 0 Å². The van der Waals surface area contributed by atoms with Crippen molar-refractivity contribution in [2.45, 2.75) is 37.8 Å². The number of nitrogens with one attached hydrogen (secondary N) is 1. The topological polar surface area (TPSA) is 65.1 Å². The minimum atomic E-state index is 0.202. The summed E-state index contributed by atoms with van der Waals surface area (Å²) in [6.07, 6.45) is 4.40. The summed E-state index contributed by atoms with van der Waals surface area (Å²) in [5, 5.41) is 0. The Hall–Kier alpha value is -1.43. The number of para-hydroxylation sites is 2. The Bertz CT molecular complexity index is 574. The quantitative estimate of drug-likeness (QED) is 0.641. The average Bonchev–Trinajstić information content (AvgIpc) is 3.08. The van der Waals surface area contributed by atoms with Crippen molar-refractivity contribution in [3.8, 4) is 0 Å². The molecule has 5 nitrogen and oxygen atoms in total. The number of fused-ring (bicyclic) bond motifs is 1. The molecule has 1 aromatic carbocycles. The molecule has 1 saturated heterocycles. The summed E-state index contributed by atoms with van der Waals surface area (Å²) in [5.74, 6) is 6.76. The van der Waals surface area contributed by atoms with E-state index in [9.17, 15) is 0 Å². The van der Waals surface area contributed by atoms with Crippen molar-refractivity contribution in [2.75, 3.05) is 6.61 Å². The maximum atomic E-state index is 5.70. The molecule has 0 bridgehead atoms. The van der Waals surface area contributed by atoms with E-state index in [-0.39, 0.29) is 6.04 Å². The zero-order chi connectivity index (χ0) is 13.9. The molecule has 1 fully saturated rings. The molecule has 0 saturated carbocycles. The number of rotatable bonds is 5. The molecule has 3 N–H and O–H groups in total. The molecular weight excluding hydrogens is 252 g/mol. The lowest BCUT2D eigenvalue weighted by Gasteiger charge is -2.19. The summed E-state index contributed by atoms with van der Waals surface area (Å²) in [7, 11) is 2.06. The van der Waals surface area contributed by atoms with Gasteiger partial charge in [-0.2, -0.15) is 0 Å². The zero-order valence-corrected chi connectivity index (χ0v) is 11.9. The first-order valence-electron chi connectivity index (χ1n) is 7.26. The highest BCUT2D eigenvalue weighted by Crippen LogP contribution is 2.20. The lowest BCUT2D eigenvalue weighted by molar-refractivity contribution is 0.0943. The molecule has 108 valence electrons. The molecule has 1 aliphatic heterocycles. The van der Waals surface area contributed by atoms with Crippen LogP contribution in [-0.4, -0.2) is 28.3 Å². The molecule has 2 unspecified atom stereocenters. The molecule has 3 rings (SSSR count). The predicted molar refractivity (Wildman–Crippen MR) is 79.1 cm³/mol. The highest BCUT2D eigenvalue weighted by molar-refractivity contribution is 5.75. The summed E-state index contributed by atoms with van der Waals surface area (Å²) >= 11 is 0. The predicted octanol–water partition coefficient (Wildman–Crippen LogP) is 1.52. The van der Waals surface area contributed by atoms with Gasteiger partial charge in [-0.3, -0.25) is 11.3 Å². The van der Waals surface area contributed by atoms with E-state index in [0.29, 0.717) is 6.10 Å². The van der Waals surface area contributed by atoms with Crippen LogP contribution in [0.2, 0.25) is 0 Å². The van der Waals surface area contributed by atoms with E-state index in [1.165, 1.54) is 0 Å². The Kier molecular flexibility index (Phi) is 4.00. The van der Waals surface area contributed by atoms with Crippen LogP contribution in [0.4, 0.5) is 0 Å². The number of imidazole rings is 1. The standard InChI is InChI=1S/C15H22N4O/c1-19-14-7-3-2-6-13(14)17-15(19)10-11(18-16)9-12-5-4-8-20-12/h2-3,6-7,11-12,18H,4-5,8-10,16H2,1H3. The highest BCUT2D eigenvalue weighted by Gasteiger charge is 2.21. The van der Waals surface area contributed by atoms with Crippen molar-refractivity contribution in [3.63, 3.8) is 0 Å². The fourth-order valence-electron chi connectivity index (χ4n) is 2.96. The van der Waals surface area contributed by atoms with Gasteiger partial charge in [-0.1, -0.05) is 12.1 Å². The molecule has 2 aromatic rings. The molecule has 0 amide bonds. The van der Waals surface area contributed by atoms with Crippen molar-refractivity contribution < 1.29 is 4.74 Å². The van der Waals surface area contributed by atoms with Crippen molar-refractivity contribution in [1.29, 1.82) is 0 Å². The maximum absolute atomic E-state index is 5.70. The van der Waals surface area contributed by atoms with E-state index in [1.54, 1.807) is 0 Å². The summed E-state index contributed by atoms with van der Waals surface area (Å²) in [6.45, 7) is 0.883. The summed E-state index contributed by atoms with van der Waals surface area (Å²) in [4.78, 5) is 4.70. The van der Waals surface area contributed by atoms with Crippen LogP contribution in [-0.2, 0) is 18.2 Å². The van der Waals surface area contributed by atoms with Gasteiger partial charge in [-0.15, -0.1) is 0 Å². The number of aromatic nitrogens is 2. The Labute approximate surface area is 119 Å². The van der Waals surface area contributed by atoms with Crippen molar-refractivity contribution in [3.05, 3.63) is 30.1 Å². The van der Waals surface area contributed by atoms with E-state index in [4.69, 9.17) is 15.6 Å². The molecule has 1 aliphatic rings. The first-order valence-corrected chi connectivity index (χ1v) is 7.26. The number of hydrogen-bond acceptors (Lipinski definition) is 4. The SMILES string of the molecule is Cn1c(CC(CC2CCCO2)NN)nc2ccccc21. The number of benzene rings is 1. The average molecular weight is 274 g/mol. The third-order valence-electron chi connectivity index (χ3n) is 4.12. The normalized spacial score (nSPS) is 20.6. The molecule has 20 heavy (non-hydrogen) atoms. The van der Waals surface area contributed by atoms with Crippen LogP contribution < -0.4 is 11.3 Å². The fraction of sp³-hybridized carbons (Fsp3) is 0.533. The molecule has 0 radical (unpaired) electrons. The minimum Gasteiger partial charge on any atom is -0.378 e. The number of nitrogens with zero attached hydrogens (tertiary/aromatic N) is 2. The summed E-state index contributed by atoms with van der Waals surface area (Å²) in [5.41, 5.74) is 5.12. The van der Waals surface area contributed by atoms with E-state index >= 15 is 0 Å².